The summed E-state index contributed by atoms with van der Waals surface area (Å²) in [6.07, 6.45) is 2.21. The SMILES string of the molecule is C[C@@H]1C[C@@H](CO)C[C@@]1(CO)S(C)(=O)=O. The van der Waals surface area contributed by atoms with Crippen LogP contribution in [0.2, 0.25) is 0 Å². The standard InChI is InChI=1S/C9H18O4S/c1-7-3-8(5-10)4-9(7,6-11)14(2,12)13/h7-8,10-11H,3-6H2,1-2H3/t7-,8-,9+/m1/s1. The quantitative estimate of drug-likeness (QED) is 0.693. The van der Waals surface area contributed by atoms with Crippen molar-refractivity contribution in [2.24, 2.45) is 11.8 Å². The molecule has 2 N–H and O–H groups in total. The minimum Gasteiger partial charge on any atom is -0.396 e. The first-order valence-electron chi connectivity index (χ1n) is 4.78. The molecule has 0 bridgehead atoms. The van der Waals surface area contributed by atoms with Crippen molar-refractivity contribution < 1.29 is 18.6 Å². The Bertz CT molecular complexity index is 298. The number of aliphatic hydroxyl groups excluding tert-OH is 2. The third-order valence-electron chi connectivity index (χ3n) is 3.48. The molecule has 0 spiro atoms. The molecule has 0 unspecified atom stereocenters. The molecule has 0 saturated heterocycles. The van der Waals surface area contributed by atoms with Crippen LogP contribution in [-0.2, 0) is 9.84 Å². The molecule has 0 aliphatic heterocycles. The molecule has 3 atom stereocenters. The lowest BCUT2D eigenvalue weighted by atomic mass is 9.98. The monoisotopic (exact) mass is 222 g/mol. The summed E-state index contributed by atoms with van der Waals surface area (Å²) in [4.78, 5) is 0. The van der Waals surface area contributed by atoms with E-state index in [9.17, 15) is 13.5 Å². The zero-order valence-electron chi connectivity index (χ0n) is 8.60. The summed E-state index contributed by atoms with van der Waals surface area (Å²) in [6.45, 7) is 1.48. The van der Waals surface area contributed by atoms with Crippen molar-refractivity contribution in [2.45, 2.75) is 24.5 Å². The maximum Gasteiger partial charge on any atom is 0.155 e. The lowest BCUT2D eigenvalue weighted by molar-refractivity contribution is 0.205. The summed E-state index contributed by atoms with van der Waals surface area (Å²) in [7, 11) is -3.27. The minimum atomic E-state index is -3.27. The van der Waals surface area contributed by atoms with Crippen LogP contribution in [0.1, 0.15) is 19.8 Å². The van der Waals surface area contributed by atoms with Gasteiger partial charge in [0.2, 0.25) is 0 Å². The molecule has 1 rings (SSSR count). The van der Waals surface area contributed by atoms with E-state index >= 15 is 0 Å². The maximum absolute atomic E-state index is 11.6. The molecule has 1 aliphatic rings. The van der Waals surface area contributed by atoms with Crippen molar-refractivity contribution in [3.8, 4) is 0 Å². The van der Waals surface area contributed by atoms with Crippen LogP contribution >= 0.6 is 0 Å². The zero-order valence-corrected chi connectivity index (χ0v) is 9.42. The predicted octanol–water partition coefficient (Wildman–Crippen LogP) is -0.200. The van der Waals surface area contributed by atoms with Gasteiger partial charge < -0.3 is 10.2 Å². The summed E-state index contributed by atoms with van der Waals surface area (Å²) >= 11 is 0. The molecule has 1 aliphatic carbocycles. The van der Waals surface area contributed by atoms with Gasteiger partial charge in [0.25, 0.3) is 0 Å². The number of hydrogen-bond donors (Lipinski definition) is 2. The lowest BCUT2D eigenvalue weighted by Crippen LogP contribution is -2.44. The molecule has 0 amide bonds. The number of aliphatic hydroxyl groups is 2. The van der Waals surface area contributed by atoms with E-state index in [-0.39, 0.29) is 25.0 Å². The summed E-state index contributed by atoms with van der Waals surface area (Å²) in [5, 5.41) is 18.3. The fraction of sp³-hybridized carbons (Fsp3) is 1.00. The largest absolute Gasteiger partial charge is 0.396 e. The smallest absolute Gasteiger partial charge is 0.155 e. The fourth-order valence-corrected chi connectivity index (χ4v) is 4.08. The molecular formula is C9H18O4S. The molecule has 0 heterocycles. The second-order valence-corrected chi connectivity index (χ2v) is 6.74. The maximum atomic E-state index is 11.6. The molecule has 0 aromatic rings. The Morgan fingerprint density at radius 1 is 1.43 bits per heavy atom. The van der Waals surface area contributed by atoms with Gasteiger partial charge in [-0.3, -0.25) is 0 Å². The van der Waals surface area contributed by atoms with E-state index in [1.807, 2.05) is 6.92 Å². The summed E-state index contributed by atoms with van der Waals surface area (Å²) in [6, 6.07) is 0. The first-order chi connectivity index (χ1) is 6.37. The third-order valence-corrected chi connectivity index (χ3v) is 5.66. The Hall–Kier alpha value is -0.130. The van der Waals surface area contributed by atoms with Gasteiger partial charge in [-0.05, 0) is 24.7 Å². The van der Waals surface area contributed by atoms with Gasteiger partial charge in [0.05, 0.1) is 11.4 Å². The van der Waals surface area contributed by atoms with Crippen LogP contribution in [0.3, 0.4) is 0 Å². The highest BCUT2D eigenvalue weighted by atomic mass is 32.2. The van der Waals surface area contributed by atoms with Crippen molar-refractivity contribution in [3.63, 3.8) is 0 Å². The third kappa shape index (κ3) is 1.68. The second kappa shape index (κ2) is 3.79. The van der Waals surface area contributed by atoms with Gasteiger partial charge in [-0.25, -0.2) is 8.42 Å². The van der Waals surface area contributed by atoms with Crippen LogP contribution in [0, 0.1) is 11.8 Å². The van der Waals surface area contributed by atoms with Crippen LogP contribution in [0.25, 0.3) is 0 Å². The van der Waals surface area contributed by atoms with E-state index in [1.54, 1.807) is 0 Å². The topological polar surface area (TPSA) is 74.6 Å². The van der Waals surface area contributed by atoms with Crippen molar-refractivity contribution in [1.29, 1.82) is 0 Å². The first kappa shape index (κ1) is 11.9. The number of rotatable bonds is 3. The average Bonchev–Trinajstić information content (AvgIpc) is 2.42. The van der Waals surface area contributed by atoms with Crippen LogP contribution in [-0.4, -0.2) is 42.8 Å². The molecule has 0 radical (unpaired) electrons. The van der Waals surface area contributed by atoms with Crippen LogP contribution < -0.4 is 0 Å². The van der Waals surface area contributed by atoms with Gasteiger partial charge in [0.1, 0.15) is 0 Å². The molecule has 1 fully saturated rings. The van der Waals surface area contributed by atoms with Gasteiger partial charge in [-0.2, -0.15) is 0 Å². The zero-order chi connectivity index (χ0) is 11.0. The normalized spacial score (nSPS) is 38.9. The Morgan fingerprint density at radius 2 is 2.00 bits per heavy atom. The van der Waals surface area contributed by atoms with Gasteiger partial charge in [-0.1, -0.05) is 6.92 Å². The molecule has 0 aromatic heterocycles. The Balaban J connectivity index is 3.03. The van der Waals surface area contributed by atoms with Crippen molar-refractivity contribution in [3.05, 3.63) is 0 Å². The average molecular weight is 222 g/mol. The van der Waals surface area contributed by atoms with Gasteiger partial charge in [0, 0.05) is 12.9 Å². The molecular weight excluding hydrogens is 204 g/mol. The second-order valence-electron chi connectivity index (χ2n) is 4.38. The lowest BCUT2D eigenvalue weighted by Gasteiger charge is -2.29. The van der Waals surface area contributed by atoms with E-state index in [0.29, 0.717) is 12.8 Å². The van der Waals surface area contributed by atoms with E-state index in [4.69, 9.17) is 5.11 Å². The molecule has 5 heteroatoms. The first-order valence-corrected chi connectivity index (χ1v) is 6.68. The fourth-order valence-electron chi connectivity index (χ4n) is 2.48. The number of sulfone groups is 1. The van der Waals surface area contributed by atoms with E-state index in [0.717, 1.165) is 0 Å². The summed E-state index contributed by atoms with van der Waals surface area (Å²) in [5.74, 6) is -0.0773. The van der Waals surface area contributed by atoms with Crippen LogP contribution in [0.15, 0.2) is 0 Å². The Kier molecular flexibility index (Phi) is 3.23. The molecule has 0 aromatic carbocycles. The highest BCUT2D eigenvalue weighted by molar-refractivity contribution is 7.92. The van der Waals surface area contributed by atoms with Gasteiger partial charge in [-0.15, -0.1) is 0 Å². The Morgan fingerprint density at radius 3 is 2.21 bits per heavy atom. The molecule has 14 heavy (non-hydrogen) atoms. The number of hydrogen-bond acceptors (Lipinski definition) is 4. The molecule has 1 saturated carbocycles. The predicted molar refractivity (Wildman–Crippen MR) is 53.6 cm³/mol. The van der Waals surface area contributed by atoms with Crippen LogP contribution in [0.4, 0.5) is 0 Å². The highest BCUT2D eigenvalue weighted by Crippen LogP contribution is 2.44. The molecule has 4 nitrogen and oxygen atoms in total. The van der Waals surface area contributed by atoms with E-state index < -0.39 is 14.6 Å². The van der Waals surface area contributed by atoms with Gasteiger partial charge in [0.15, 0.2) is 9.84 Å². The Labute approximate surface area is 84.9 Å². The van der Waals surface area contributed by atoms with Gasteiger partial charge >= 0.3 is 0 Å². The van der Waals surface area contributed by atoms with Crippen molar-refractivity contribution >= 4 is 9.84 Å². The van der Waals surface area contributed by atoms with Crippen LogP contribution in [0.5, 0.6) is 0 Å². The summed E-state index contributed by atoms with van der Waals surface area (Å²) in [5.41, 5.74) is 0. The summed E-state index contributed by atoms with van der Waals surface area (Å²) < 4.78 is 22.2. The highest BCUT2D eigenvalue weighted by Gasteiger charge is 2.51. The van der Waals surface area contributed by atoms with E-state index in [1.165, 1.54) is 6.26 Å². The van der Waals surface area contributed by atoms with Crippen molar-refractivity contribution in [1.82, 2.24) is 0 Å². The minimum absolute atomic E-state index is 0.00160. The van der Waals surface area contributed by atoms with Crippen molar-refractivity contribution in [2.75, 3.05) is 19.5 Å². The molecule has 84 valence electrons. The van der Waals surface area contributed by atoms with E-state index in [2.05, 4.69) is 0 Å².